The van der Waals surface area contributed by atoms with Gasteiger partial charge < -0.3 is 19.7 Å². The molecule has 2 aromatic rings. The van der Waals surface area contributed by atoms with Crippen molar-refractivity contribution in [3.63, 3.8) is 0 Å². The van der Waals surface area contributed by atoms with Crippen LogP contribution in [0.3, 0.4) is 0 Å². The second-order valence-corrected chi connectivity index (χ2v) is 7.34. The Morgan fingerprint density at radius 1 is 1.03 bits per heavy atom. The molecule has 0 unspecified atom stereocenters. The lowest BCUT2D eigenvalue weighted by atomic mass is 10.2. The molecule has 1 fully saturated rings. The van der Waals surface area contributed by atoms with Gasteiger partial charge in [-0.15, -0.1) is 0 Å². The van der Waals surface area contributed by atoms with Crippen LogP contribution in [0.2, 0.25) is 0 Å². The molecule has 31 heavy (non-hydrogen) atoms. The summed E-state index contributed by atoms with van der Waals surface area (Å²) in [7, 11) is 1.61. The van der Waals surface area contributed by atoms with Crippen molar-refractivity contribution in [2.24, 2.45) is 0 Å². The summed E-state index contributed by atoms with van der Waals surface area (Å²) in [6.07, 6.45) is 1.07. The van der Waals surface area contributed by atoms with Crippen LogP contribution in [-0.2, 0) is 9.59 Å². The Morgan fingerprint density at radius 2 is 1.74 bits per heavy atom. The van der Waals surface area contributed by atoms with E-state index in [1.165, 1.54) is 12.1 Å². The number of halogens is 1. The zero-order valence-corrected chi connectivity index (χ0v) is 17.7. The number of carbonyl (C=O) groups excluding carboxylic acids is 2. The molecule has 0 atom stereocenters. The minimum atomic E-state index is -0.390. The van der Waals surface area contributed by atoms with E-state index in [9.17, 15) is 14.0 Å². The highest BCUT2D eigenvalue weighted by atomic mass is 19.1. The fraction of sp³-hybridized carbons (Fsp3) is 0.391. The van der Waals surface area contributed by atoms with E-state index in [-0.39, 0.29) is 24.2 Å². The van der Waals surface area contributed by atoms with E-state index >= 15 is 0 Å². The van der Waals surface area contributed by atoms with Crippen LogP contribution in [0.1, 0.15) is 12.8 Å². The third-order valence-electron chi connectivity index (χ3n) is 5.06. The summed E-state index contributed by atoms with van der Waals surface area (Å²) < 4.78 is 24.0. The third kappa shape index (κ3) is 7.25. The molecule has 7 nitrogen and oxygen atoms in total. The van der Waals surface area contributed by atoms with E-state index in [4.69, 9.17) is 9.47 Å². The number of rotatable bonds is 9. The SMILES string of the molecule is COc1ccc(OCCCC(=O)N2CCN(CC(=O)Nc3cccc(F)c3)CC2)cc1. The van der Waals surface area contributed by atoms with Gasteiger partial charge in [0.1, 0.15) is 17.3 Å². The number of hydrogen-bond donors (Lipinski definition) is 1. The summed E-state index contributed by atoms with van der Waals surface area (Å²) in [6.45, 7) is 3.12. The number of nitrogens with zero attached hydrogens (tertiary/aromatic N) is 2. The van der Waals surface area contributed by atoms with Crippen LogP contribution >= 0.6 is 0 Å². The molecule has 1 N–H and O–H groups in total. The van der Waals surface area contributed by atoms with Gasteiger partial charge in [0.15, 0.2) is 0 Å². The highest BCUT2D eigenvalue weighted by Gasteiger charge is 2.22. The number of benzene rings is 2. The highest BCUT2D eigenvalue weighted by molar-refractivity contribution is 5.92. The minimum Gasteiger partial charge on any atom is -0.497 e. The summed E-state index contributed by atoms with van der Waals surface area (Å²) in [5, 5.41) is 2.70. The Balaban J connectivity index is 1.31. The van der Waals surface area contributed by atoms with Crippen LogP contribution < -0.4 is 14.8 Å². The molecule has 1 heterocycles. The molecule has 166 valence electrons. The lowest BCUT2D eigenvalue weighted by molar-refractivity contribution is -0.133. The van der Waals surface area contributed by atoms with Crippen molar-refractivity contribution in [2.45, 2.75) is 12.8 Å². The van der Waals surface area contributed by atoms with Gasteiger partial charge in [0.2, 0.25) is 11.8 Å². The first kappa shape index (κ1) is 22.6. The maximum Gasteiger partial charge on any atom is 0.238 e. The first-order valence-corrected chi connectivity index (χ1v) is 10.4. The van der Waals surface area contributed by atoms with E-state index in [0.29, 0.717) is 51.3 Å². The fourth-order valence-corrected chi connectivity index (χ4v) is 3.37. The average molecular weight is 429 g/mol. The second-order valence-electron chi connectivity index (χ2n) is 7.34. The predicted molar refractivity (Wildman–Crippen MR) is 116 cm³/mol. The van der Waals surface area contributed by atoms with Crippen molar-refractivity contribution >= 4 is 17.5 Å². The molecule has 0 aliphatic carbocycles. The molecule has 0 radical (unpaired) electrons. The summed E-state index contributed by atoms with van der Waals surface area (Å²) in [6, 6.07) is 13.2. The van der Waals surface area contributed by atoms with Crippen LogP contribution in [0.5, 0.6) is 11.5 Å². The first-order chi connectivity index (χ1) is 15.0. The lowest BCUT2D eigenvalue weighted by Crippen LogP contribution is -2.50. The highest BCUT2D eigenvalue weighted by Crippen LogP contribution is 2.17. The van der Waals surface area contributed by atoms with Crippen molar-refractivity contribution in [3.05, 3.63) is 54.3 Å². The van der Waals surface area contributed by atoms with Crippen molar-refractivity contribution in [3.8, 4) is 11.5 Å². The molecule has 8 heteroatoms. The Bertz CT molecular complexity index is 867. The quantitative estimate of drug-likeness (QED) is 0.621. The summed E-state index contributed by atoms with van der Waals surface area (Å²) in [4.78, 5) is 28.4. The normalized spacial score (nSPS) is 14.2. The molecule has 1 saturated heterocycles. The maximum absolute atomic E-state index is 13.2. The fourth-order valence-electron chi connectivity index (χ4n) is 3.37. The third-order valence-corrected chi connectivity index (χ3v) is 5.06. The van der Waals surface area contributed by atoms with E-state index < -0.39 is 0 Å². The number of carbonyl (C=O) groups is 2. The van der Waals surface area contributed by atoms with Crippen LogP contribution in [0.25, 0.3) is 0 Å². The molecule has 1 aliphatic rings. The van der Waals surface area contributed by atoms with E-state index in [1.54, 1.807) is 19.2 Å². The molecular weight excluding hydrogens is 401 g/mol. The smallest absolute Gasteiger partial charge is 0.238 e. The minimum absolute atomic E-state index is 0.0993. The summed E-state index contributed by atoms with van der Waals surface area (Å²) in [5.74, 6) is 1.04. The molecule has 2 aromatic carbocycles. The van der Waals surface area contributed by atoms with Crippen molar-refractivity contribution in [2.75, 3.05) is 51.8 Å². The maximum atomic E-state index is 13.2. The van der Waals surface area contributed by atoms with Gasteiger partial charge in [0.25, 0.3) is 0 Å². The zero-order chi connectivity index (χ0) is 22.1. The number of nitrogens with one attached hydrogen (secondary N) is 1. The second kappa shape index (κ2) is 11.3. The molecule has 3 rings (SSSR count). The van der Waals surface area contributed by atoms with Crippen molar-refractivity contribution < 1.29 is 23.5 Å². The van der Waals surface area contributed by atoms with Gasteiger partial charge in [-0.1, -0.05) is 6.07 Å². The van der Waals surface area contributed by atoms with Gasteiger partial charge in [-0.05, 0) is 48.9 Å². The van der Waals surface area contributed by atoms with Crippen LogP contribution in [0.4, 0.5) is 10.1 Å². The molecular formula is C23H28FN3O4. The van der Waals surface area contributed by atoms with Gasteiger partial charge in [-0.3, -0.25) is 14.5 Å². The molecule has 0 bridgehead atoms. The van der Waals surface area contributed by atoms with E-state index in [1.807, 2.05) is 34.1 Å². The first-order valence-electron chi connectivity index (χ1n) is 10.4. The Labute approximate surface area is 181 Å². The van der Waals surface area contributed by atoms with Gasteiger partial charge >= 0.3 is 0 Å². The largest absolute Gasteiger partial charge is 0.497 e. The molecule has 1 aliphatic heterocycles. The molecule has 0 spiro atoms. The van der Waals surface area contributed by atoms with Gasteiger partial charge in [-0.2, -0.15) is 0 Å². The summed E-state index contributed by atoms with van der Waals surface area (Å²) in [5.41, 5.74) is 0.440. The van der Waals surface area contributed by atoms with Crippen LogP contribution in [0, 0.1) is 5.82 Å². The topological polar surface area (TPSA) is 71.1 Å². The molecule has 0 saturated carbocycles. The molecule has 2 amide bonds. The zero-order valence-electron chi connectivity index (χ0n) is 17.7. The predicted octanol–water partition coefficient (Wildman–Crippen LogP) is 2.78. The van der Waals surface area contributed by atoms with Gasteiger partial charge in [-0.25, -0.2) is 4.39 Å². The number of amides is 2. The van der Waals surface area contributed by atoms with Crippen molar-refractivity contribution in [1.29, 1.82) is 0 Å². The van der Waals surface area contributed by atoms with Crippen molar-refractivity contribution in [1.82, 2.24) is 9.80 Å². The standard InChI is InChI=1S/C23H28FN3O4/c1-30-20-7-9-21(10-8-20)31-15-3-6-23(29)27-13-11-26(12-14-27)17-22(28)25-19-5-2-4-18(24)16-19/h2,4-5,7-10,16H,3,6,11-15,17H2,1H3,(H,25,28). The summed E-state index contributed by atoms with van der Waals surface area (Å²) >= 11 is 0. The van der Waals surface area contributed by atoms with Gasteiger partial charge in [0.05, 0.1) is 20.3 Å². The van der Waals surface area contributed by atoms with E-state index in [0.717, 1.165) is 11.5 Å². The van der Waals surface area contributed by atoms with Gasteiger partial charge in [0, 0.05) is 38.3 Å². The number of hydrogen-bond acceptors (Lipinski definition) is 5. The molecule has 0 aromatic heterocycles. The number of ether oxygens (including phenoxy) is 2. The number of piperazine rings is 1. The Morgan fingerprint density at radius 3 is 2.42 bits per heavy atom. The van der Waals surface area contributed by atoms with Crippen LogP contribution in [0.15, 0.2) is 48.5 Å². The Kier molecular flexibility index (Phi) is 8.23. The average Bonchev–Trinajstić information content (AvgIpc) is 2.77. The Hall–Kier alpha value is -3.13. The monoisotopic (exact) mass is 429 g/mol. The number of anilines is 1. The number of methoxy groups -OCH3 is 1. The lowest BCUT2D eigenvalue weighted by Gasteiger charge is -2.34. The van der Waals surface area contributed by atoms with E-state index in [2.05, 4.69) is 5.32 Å². The van der Waals surface area contributed by atoms with Crippen LogP contribution in [-0.4, -0.2) is 68.1 Å².